The average Bonchev–Trinajstić information content (AvgIpc) is 3.55. The number of aromatic nitrogens is 5. The van der Waals surface area contributed by atoms with Crippen LogP contribution in [0.15, 0.2) is 10.2 Å². The van der Waals surface area contributed by atoms with Gasteiger partial charge in [0.05, 0.1) is 19.8 Å². The molecule has 3 aliphatic rings. The van der Waals surface area contributed by atoms with E-state index in [1.54, 1.807) is 11.8 Å². The van der Waals surface area contributed by atoms with Gasteiger partial charge in [-0.2, -0.15) is 0 Å². The van der Waals surface area contributed by atoms with E-state index in [1.807, 2.05) is 11.3 Å². The molecule has 2 saturated heterocycles. The van der Waals surface area contributed by atoms with Crippen molar-refractivity contribution in [2.75, 3.05) is 44.3 Å². The Morgan fingerprint density at radius 1 is 1.06 bits per heavy atom. The third-order valence-corrected chi connectivity index (χ3v) is 9.47. The zero-order chi connectivity index (χ0) is 23.1. The minimum Gasteiger partial charge on any atom is -0.378 e. The van der Waals surface area contributed by atoms with Crippen molar-refractivity contribution in [3.05, 3.63) is 16.3 Å². The number of morpholine rings is 1. The van der Waals surface area contributed by atoms with Crippen LogP contribution in [0, 0.1) is 5.92 Å². The van der Waals surface area contributed by atoms with Crippen LogP contribution in [0.25, 0.3) is 10.2 Å². The molecule has 0 bridgehead atoms. The number of ether oxygens (including phenoxy) is 1. The lowest BCUT2D eigenvalue weighted by atomic mass is 9.99. The van der Waals surface area contributed by atoms with Crippen molar-refractivity contribution in [2.24, 2.45) is 5.92 Å². The Morgan fingerprint density at radius 3 is 2.68 bits per heavy atom. The molecular weight excluding hydrogens is 466 g/mol. The molecule has 2 fully saturated rings. The van der Waals surface area contributed by atoms with Gasteiger partial charge in [0.25, 0.3) is 0 Å². The fourth-order valence-corrected chi connectivity index (χ4v) is 7.68. The van der Waals surface area contributed by atoms with E-state index in [1.165, 1.54) is 41.5 Å². The summed E-state index contributed by atoms with van der Waals surface area (Å²) in [5.74, 6) is 2.71. The molecule has 182 valence electrons. The largest absolute Gasteiger partial charge is 0.378 e. The first kappa shape index (κ1) is 22.7. The first-order valence-corrected chi connectivity index (χ1v) is 14.3. The summed E-state index contributed by atoms with van der Waals surface area (Å²) in [4.78, 5) is 17.7. The molecule has 5 heterocycles. The van der Waals surface area contributed by atoms with Gasteiger partial charge in [0.15, 0.2) is 5.16 Å². The summed E-state index contributed by atoms with van der Waals surface area (Å²) in [6.07, 6.45) is 6.07. The third kappa shape index (κ3) is 4.34. The van der Waals surface area contributed by atoms with Crippen LogP contribution >= 0.6 is 23.1 Å². The second kappa shape index (κ2) is 9.72. The van der Waals surface area contributed by atoms with Crippen LogP contribution in [0.4, 0.5) is 5.95 Å². The van der Waals surface area contributed by atoms with Crippen molar-refractivity contribution >= 4 is 39.3 Å². The number of nitrogens with zero attached hydrogens (tertiary/aromatic N) is 7. The SMILES string of the molecule is CCn1c(Sc2nc(CN3CCC(C)CC3)nc3sc4c(c23)CCC4)nnc1N1CCOCC1. The minimum absolute atomic E-state index is 0.741. The topological polar surface area (TPSA) is 72.2 Å². The van der Waals surface area contributed by atoms with Gasteiger partial charge in [-0.25, -0.2) is 9.97 Å². The predicted octanol–water partition coefficient (Wildman–Crippen LogP) is 4.01. The Labute approximate surface area is 209 Å². The number of aryl methyl sites for hydroxylation is 2. The zero-order valence-electron chi connectivity index (χ0n) is 20.1. The summed E-state index contributed by atoms with van der Waals surface area (Å²) < 4.78 is 7.76. The molecule has 0 N–H and O–H groups in total. The summed E-state index contributed by atoms with van der Waals surface area (Å²) in [7, 11) is 0. The van der Waals surface area contributed by atoms with E-state index in [-0.39, 0.29) is 0 Å². The molecule has 3 aromatic heterocycles. The molecule has 0 unspecified atom stereocenters. The number of hydrogen-bond acceptors (Lipinski definition) is 9. The highest BCUT2D eigenvalue weighted by Crippen LogP contribution is 2.42. The van der Waals surface area contributed by atoms with Gasteiger partial charge in [-0.15, -0.1) is 21.5 Å². The van der Waals surface area contributed by atoms with Crippen molar-refractivity contribution in [1.29, 1.82) is 0 Å². The van der Waals surface area contributed by atoms with E-state index in [0.717, 1.165) is 91.6 Å². The van der Waals surface area contributed by atoms with Crippen molar-refractivity contribution in [2.45, 2.75) is 69.2 Å². The normalized spacial score (nSPS) is 19.9. The highest BCUT2D eigenvalue weighted by molar-refractivity contribution is 7.99. The Balaban J connectivity index is 1.34. The van der Waals surface area contributed by atoms with Crippen LogP contribution in [-0.2, 0) is 30.7 Å². The summed E-state index contributed by atoms with van der Waals surface area (Å²) >= 11 is 3.55. The number of piperidine rings is 1. The number of likely N-dealkylation sites (tertiary alicyclic amines) is 1. The van der Waals surface area contributed by atoms with Crippen molar-refractivity contribution in [3.8, 4) is 0 Å². The van der Waals surface area contributed by atoms with E-state index in [9.17, 15) is 0 Å². The standard InChI is InChI=1S/C24H33N7OS2/c1-3-31-23(30-11-13-32-14-12-30)27-28-24(31)34-22-20-17-5-4-6-18(17)33-21(20)25-19(26-22)15-29-9-7-16(2)8-10-29/h16H,3-15H2,1-2H3. The van der Waals surface area contributed by atoms with Gasteiger partial charge in [0.2, 0.25) is 5.95 Å². The van der Waals surface area contributed by atoms with Crippen LogP contribution in [0.1, 0.15) is 49.4 Å². The monoisotopic (exact) mass is 499 g/mol. The molecule has 3 aromatic rings. The number of anilines is 1. The summed E-state index contributed by atoms with van der Waals surface area (Å²) in [5, 5.41) is 12.4. The molecule has 0 spiro atoms. The van der Waals surface area contributed by atoms with Crippen molar-refractivity contribution in [3.63, 3.8) is 0 Å². The molecule has 0 saturated carbocycles. The van der Waals surface area contributed by atoms with Crippen molar-refractivity contribution in [1.82, 2.24) is 29.6 Å². The Kier molecular flexibility index (Phi) is 6.49. The van der Waals surface area contributed by atoms with E-state index in [0.29, 0.717) is 0 Å². The maximum Gasteiger partial charge on any atom is 0.228 e. The lowest BCUT2D eigenvalue weighted by Crippen LogP contribution is -2.38. The Morgan fingerprint density at radius 2 is 1.88 bits per heavy atom. The number of rotatable bonds is 6. The van der Waals surface area contributed by atoms with E-state index >= 15 is 0 Å². The zero-order valence-corrected chi connectivity index (χ0v) is 21.8. The molecule has 2 aliphatic heterocycles. The maximum atomic E-state index is 5.54. The van der Waals surface area contributed by atoms with Gasteiger partial charge in [0.1, 0.15) is 15.7 Å². The first-order chi connectivity index (χ1) is 16.7. The van der Waals surface area contributed by atoms with Crippen LogP contribution in [0.3, 0.4) is 0 Å². The van der Waals surface area contributed by atoms with Crippen LogP contribution < -0.4 is 4.90 Å². The van der Waals surface area contributed by atoms with Crippen LogP contribution in [0.2, 0.25) is 0 Å². The third-order valence-electron chi connectivity index (χ3n) is 7.31. The second-order valence-corrected chi connectivity index (χ2v) is 11.7. The molecule has 8 nitrogen and oxygen atoms in total. The number of hydrogen-bond donors (Lipinski definition) is 0. The molecule has 0 atom stereocenters. The fourth-order valence-electron chi connectivity index (χ4n) is 5.29. The lowest BCUT2D eigenvalue weighted by molar-refractivity contribution is 0.121. The van der Waals surface area contributed by atoms with Gasteiger partial charge >= 0.3 is 0 Å². The second-order valence-electron chi connectivity index (χ2n) is 9.67. The summed E-state index contributed by atoms with van der Waals surface area (Å²) in [6.45, 7) is 11.7. The smallest absolute Gasteiger partial charge is 0.228 e. The molecule has 6 rings (SSSR count). The molecule has 1 aliphatic carbocycles. The van der Waals surface area contributed by atoms with Gasteiger partial charge in [0, 0.05) is 29.9 Å². The quantitative estimate of drug-likeness (QED) is 0.471. The Bertz CT molecular complexity index is 1160. The molecule has 0 aromatic carbocycles. The highest BCUT2D eigenvalue weighted by Gasteiger charge is 2.26. The number of fused-ring (bicyclic) bond motifs is 3. The molecule has 0 amide bonds. The van der Waals surface area contributed by atoms with Gasteiger partial charge < -0.3 is 9.64 Å². The first-order valence-electron chi connectivity index (χ1n) is 12.7. The van der Waals surface area contributed by atoms with Gasteiger partial charge in [-0.3, -0.25) is 9.47 Å². The molecule has 0 radical (unpaired) electrons. The summed E-state index contributed by atoms with van der Waals surface area (Å²) in [5.41, 5.74) is 1.47. The highest BCUT2D eigenvalue weighted by atomic mass is 32.2. The number of thiophene rings is 1. The van der Waals surface area contributed by atoms with Crippen molar-refractivity contribution < 1.29 is 4.74 Å². The lowest BCUT2D eigenvalue weighted by Gasteiger charge is -2.29. The predicted molar refractivity (Wildman–Crippen MR) is 136 cm³/mol. The molecule has 10 heteroatoms. The Hall–Kier alpha value is -1.75. The molecular formula is C24H33N7OS2. The average molecular weight is 500 g/mol. The molecule has 34 heavy (non-hydrogen) atoms. The van der Waals surface area contributed by atoms with E-state index in [2.05, 4.69) is 38.4 Å². The fraction of sp³-hybridized carbons (Fsp3) is 0.667. The van der Waals surface area contributed by atoms with E-state index < -0.39 is 0 Å². The van der Waals surface area contributed by atoms with E-state index in [4.69, 9.17) is 14.7 Å². The van der Waals surface area contributed by atoms with Gasteiger partial charge in [-0.1, -0.05) is 6.92 Å². The minimum atomic E-state index is 0.741. The van der Waals surface area contributed by atoms with Crippen LogP contribution in [-0.4, -0.2) is 69.0 Å². The summed E-state index contributed by atoms with van der Waals surface area (Å²) in [6, 6.07) is 0. The van der Waals surface area contributed by atoms with Crippen LogP contribution in [0.5, 0.6) is 0 Å². The van der Waals surface area contributed by atoms with Gasteiger partial charge in [-0.05, 0) is 75.4 Å². The maximum absolute atomic E-state index is 5.54.